The number of piperidine rings is 1. The lowest BCUT2D eigenvalue weighted by molar-refractivity contribution is -0.127. The van der Waals surface area contributed by atoms with E-state index in [1.165, 1.54) is 19.8 Å². The first-order valence-corrected chi connectivity index (χ1v) is 13.3. The van der Waals surface area contributed by atoms with Crippen LogP contribution in [0.4, 0.5) is 5.69 Å². The van der Waals surface area contributed by atoms with Gasteiger partial charge in [0.2, 0.25) is 10.0 Å². The number of benzene rings is 1. The molecule has 1 atom stereocenters. The summed E-state index contributed by atoms with van der Waals surface area (Å²) in [4.78, 5) is 30.4. The first-order chi connectivity index (χ1) is 16.6. The second-order valence-corrected chi connectivity index (χ2v) is 11.6. The highest BCUT2D eigenvalue weighted by Gasteiger charge is 2.38. The molecule has 0 spiro atoms. The predicted octanol–water partition coefficient (Wildman–Crippen LogP) is 3.09. The van der Waals surface area contributed by atoms with Crippen molar-refractivity contribution < 1.29 is 17.9 Å². The molecule has 1 N–H and O–H groups in total. The van der Waals surface area contributed by atoms with Gasteiger partial charge in [0.15, 0.2) is 11.9 Å². The van der Waals surface area contributed by atoms with E-state index in [-0.39, 0.29) is 22.3 Å². The van der Waals surface area contributed by atoms with Gasteiger partial charge >= 0.3 is 0 Å². The van der Waals surface area contributed by atoms with Crippen LogP contribution in [0, 0.1) is 5.92 Å². The Morgan fingerprint density at radius 1 is 1.06 bits per heavy atom. The number of carbonyl (C=O) groups is 1. The van der Waals surface area contributed by atoms with Crippen LogP contribution in [0.3, 0.4) is 0 Å². The summed E-state index contributed by atoms with van der Waals surface area (Å²) in [5.74, 6) is 0.123. The number of aromatic nitrogens is 2. The number of hydrogen-bond donors (Lipinski definition) is 1. The van der Waals surface area contributed by atoms with Crippen LogP contribution in [0.25, 0.3) is 22.0 Å². The summed E-state index contributed by atoms with van der Waals surface area (Å²) >= 11 is 0. The fraction of sp³-hybridized carbons (Fsp3) is 0.440. The molecular formula is C25H30N4O5S. The molecule has 1 saturated heterocycles. The first kappa shape index (κ1) is 23.6. The van der Waals surface area contributed by atoms with Crippen LogP contribution in [0.5, 0.6) is 5.75 Å². The van der Waals surface area contributed by atoms with Crippen molar-refractivity contribution in [2.75, 3.05) is 25.0 Å². The van der Waals surface area contributed by atoms with Gasteiger partial charge in [0.25, 0.3) is 11.5 Å². The molecule has 0 saturated carbocycles. The van der Waals surface area contributed by atoms with Crippen molar-refractivity contribution in [2.24, 2.45) is 13.0 Å². The number of nitrogens with one attached hydrogen (secondary N) is 1. The number of carbonyl (C=O) groups excluding carboxylic acids is 1. The van der Waals surface area contributed by atoms with Crippen LogP contribution < -0.4 is 15.2 Å². The average Bonchev–Trinajstić information content (AvgIpc) is 3.34. The molecule has 0 bridgehead atoms. The van der Waals surface area contributed by atoms with Crippen molar-refractivity contribution >= 4 is 32.5 Å². The molecule has 0 radical (unpaired) electrons. The topological polar surface area (TPSA) is 105 Å². The second kappa shape index (κ2) is 8.53. The molecule has 186 valence electrons. The normalized spacial score (nSPS) is 19.3. The molecule has 4 heterocycles. The van der Waals surface area contributed by atoms with Crippen LogP contribution in [-0.2, 0) is 21.9 Å². The van der Waals surface area contributed by atoms with Gasteiger partial charge in [0.1, 0.15) is 5.52 Å². The van der Waals surface area contributed by atoms with E-state index >= 15 is 0 Å². The minimum Gasteiger partial charge on any atom is -0.477 e. The number of H-pyrrole nitrogens is 1. The summed E-state index contributed by atoms with van der Waals surface area (Å²) < 4.78 is 36.6. The van der Waals surface area contributed by atoms with Crippen LogP contribution in [0.15, 0.2) is 40.3 Å². The molecule has 3 aromatic rings. The minimum absolute atomic E-state index is 0.0879. The molecule has 2 aliphatic heterocycles. The number of nitrogens with zero attached hydrogens (tertiary/aromatic N) is 3. The zero-order valence-electron chi connectivity index (χ0n) is 20.4. The summed E-state index contributed by atoms with van der Waals surface area (Å²) in [7, 11) is -0.493. The highest BCUT2D eigenvalue weighted by Crippen LogP contribution is 2.46. The Labute approximate surface area is 204 Å². The molecule has 2 aliphatic rings. The van der Waals surface area contributed by atoms with Crippen LogP contribution in [0.1, 0.15) is 33.1 Å². The van der Waals surface area contributed by atoms with Gasteiger partial charge in [0.05, 0.1) is 10.6 Å². The highest BCUT2D eigenvalue weighted by molar-refractivity contribution is 7.89. The number of amides is 1. The average molecular weight is 499 g/mol. The van der Waals surface area contributed by atoms with Gasteiger partial charge in [-0.05, 0) is 37.0 Å². The SMILES string of the molecule is CC(C)C1Oc2c(-c3cn(C)c(=O)c4[nH]ccc34)cc(S(=O)(=O)N3CCCCC3)cc2N(C)C1=O. The monoisotopic (exact) mass is 498 g/mol. The van der Waals surface area contributed by atoms with Gasteiger partial charge in [0, 0.05) is 56.1 Å². The lowest BCUT2D eigenvalue weighted by Gasteiger charge is -2.36. The molecule has 0 aliphatic carbocycles. The van der Waals surface area contributed by atoms with E-state index in [0.717, 1.165) is 19.3 Å². The molecule has 35 heavy (non-hydrogen) atoms. The van der Waals surface area contributed by atoms with E-state index in [9.17, 15) is 18.0 Å². The van der Waals surface area contributed by atoms with E-state index in [0.29, 0.717) is 46.6 Å². The van der Waals surface area contributed by atoms with E-state index in [2.05, 4.69) is 4.98 Å². The van der Waals surface area contributed by atoms with Crippen LogP contribution in [0.2, 0.25) is 0 Å². The summed E-state index contributed by atoms with van der Waals surface area (Å²) in [5.41, 5.74) is 1.82. The van der Waals surface area contributed by atoms with Crippen LogP contribution >= 0.6 is 0 Å². The third kappa shape index (κ3) is 3.75. The van der Waals surface area contributed by atoms with Gasteiger partial charge in [-0.25, -0.2) is 8.42 Å². The minimum atomic E-state index is -3.79. The quantitative estimate of drug-likeness (QED) is 0.595. The molecule has 1 amide bonds. The third-order valence-electron chi connectivity index (χ3n) is 6.97. The Kier molecular flexibility index (Phi) is 5.76. The number of hydrogen-bond acceptors (Lipinski definition) is 5. The van der Waals surface area contributed by atoms with Crippen molar-refractivity contribution in [3.63, 3.8) is 0 Å². The number of aromatic amines is 1. The lowest BCUT2D eigenvalue weighted by Crippen LogP contribution is -2.46. The second-order valence-electron chi connectivity index (χ2n) is 9.69. The first-order valence-electron chi connectivity index (χ1n) is 11.9. The smallest absolute Gasteiger partial charge is 0.274 e. The van der Waals surface area contributed by atoms with Gasteiger partial charge in [-0.2, -0.15) is 4.31 Å². The maximum atomic E-state index is 13.7. The largest absolute Gasteiger partial charge is 0.477 e. The summed E-state index contributed by atoms with van der Waals surface area (Å²) in [6.07, 6.45) is 5.31. The molecule has 2 aromatic heterocycles. The predicted molar refractivity (Wildman–Crippen MR) is 134 cm³/mol. The molecule has 1 aromatic carbocycles. The number of rotatable bonds is 4. The third-order valence-corrected chi connectivity index (χ3v) is 8.84. The zero-order valence-corrected chi connectivity index (χ0v) is 21.2. The van der Waals surface area contributed by atoms with Crippen LogP contribution in [-0.4, -0.2) is 54.4 Å². The molecule has 5 rings (SSSR count). The van der Waals surface area contributed by atoms with Gasteiger partial charge in [-0.1, -0.05) is 20.3 Å². The highest BCUT2D eigenvalue weighted by atomic mass is 32.2. The van der Waals surface area contributed by atoms with Crippen molar-refractivity contribution in [2.45, 2.75) is 44.1 Å². The summed E-state index contributed by atoms with van der Waals surface area (Å²) in [5, 5.41) is 0.659. The van der Waals surface area contributed by atoms with Gasteiger partial charge in [-0.15, -0.1) is 0 Å². The lowest BCUT2D eigenvalue weighted by atomic mass is 9.98. The number of sulfonamides is 1. The number of pyridine rings is 1. The Hall–Kier alpha value is -3.11. The Morgan fingerprint density at radius 2 is 1.77 bits per heavy atom. The number of aryl methyl sites for hydroxylation is 1. The maximum absolute atomic E-state index is 13.7. The molecular weight excluding hydrogens is 468 g/mol. The number of likely N-dealkylation sites (N-methyl/N-ethyl adjacent to an activating group) is 1. The molecule has 9 nitrogen and oxygen atoms in total. The van der Waals surface area contributed by atoms with E-state index in [1.807, 2.05) is 13.8 Å². The van der Waals surface area contributed by atoms with Crippen molar-refractivity contribution in [1.29, 1.82) is 0 Å². The van der Waals surface area contributed by atoms with E-state index in [4.69, 9.17) is 4.74 Å². The summed E-state index contributed by atoms with van der Waals surface area (Å²) in [6.45, 7) is 4.76. The van der Waals surface area contributed by atoms with Gasteiger partial charge < -0.3 is 19.2 Å². The molecule has 1 fully saturated rings. The van der Waals surface area contributed by atoms with E-state index in [1.54, 1.807) is 38.6 Å². The molecule has 1 unspecified atom stereocenters. The van der Waals surface area contributed by atoms with Gasteiger partial charge in [-0.3, -0.25) is 9.59 Å². The van der Waals surface area contributed by atoms with E-state index < -0.39 is 16.1 Å². The van der Waals surface area contributed by atoms with Crippen molar-refractivity contribution in [1.82, 2.24) is 13.9 Å². The fourth-order valence-electron chi connectivity index (χ4n) is 4.96. The Morgan fingerprint density at radius 3 is 2.46 bits per heavy atom. The summed E-state index contributed by atoms with van der Waals surface area (Å²) in [6, 6.07) is 4.95. The Balaban J connectivity index is 1.80. The fourth-order valence-corrected chi connectivity index (χ4v) is 6.52. The zero-order chi connectivity index (χ0) is 25.1. The van der Waals surface area contributed by atoms with Crippen molar-refractivity contribution in [3.05, 3.63) is 40.9 Å². The maximum Gasteiger partial charge on any atom is 0.274 e. The number of ether oxygens (including phenoxy) is 1. The number of anilines is 1. The Bertz CT molecular complexity index is 1480. The number of fused-ring (bicyclic) bond motifs is 2. The standard InChI is InChI=1S/C25H30N4O5S/c1-15(2)22-25(31)28(4)20-13-16(35(32,33)29-10-6-5-7-11-29)12-18(23(20)34-22)19-14-27(3)24(30)21-17(19)8-9-26-21/h8-9,12-15,22,26H,5-7,10-11H2,1-4H3. The molecule has 10 heteroatoms. The van der Waals surface area contributed by atoms with Crippen molar-refractivity contribution in [3.8, 4) is 16.9 Å².